The lowest BCUT2D eigenvalue weighted by atomic mass is 9.78. The van der Waals surface area contributed by atoms with Gasteiger partial charge in [0.15, 0.2) is 5.11 Å². The maximum Gasteiger partial charge on any atom is 0.241 e. The van der Waals surface area contributed by atoms with Crippen LogP contribution in [0.15, 0.2) is 24.3 Å². The smallest absolute Gasteiger partial charge is 0.241 e. The Labute approximate surface area is 155 Å². The van der Waals surface area contributed by atoms with Crippen LogP contribution in [0.4, 0.5) is 0 Å². The molecule has 0 radical (unpaired) electrons. The normalized spacial score (nSPS) is 22.8. The minimum absolute atomic E-state index is 0.150. The Balaban J connectivity index is 1.64. The fourth-order valence-electron chi connectivity index (χ4n) is 3.15. The molecule has 2 rings (SSSR count). The molecule has 1 aromatic rings. The Morgan fingerprint density at radius 2 is 2.00 bits per heavy atom. The van der Waals surface area contributed by atoms with Gasteiger partial charge in [0.05, 0.1) is 13.0 Å². The molecule has 25 heavy (non-hydrogen) atoms. The van der Waals surface area contributed by atoms with Crippen molar-refractivity contribution in [2.75, 3.05) is 6.61 Å². The second-order valence-corrected chi connectivity index (χ2v) is 7.29. The molecule has 0 heterocycles. The van der Waals surface area contributed by atoms with Crippen LogP contribution in [0.1, 0.15) is 45.1 Å². The van der Waals surface area contributed by atoms with Gasteiger partial charge in [-0.3, -0.25) is 15.6 Å². The number of aryl methyl sites for hydroxylation is 1. The molecule has 1 aliphatic rings. The summed E-state index contributed by atoms with van der Waals surface area (Å²) in [5, 5.41) is 3.79. The molecule has 1 aliphatic carbocycles. The highest BCUT2D eigenvalue weighted by Crippen LogP contribution is 2.29. The van der Waals surface area contributed by atoms with E-state index in [-0.39, 0.29) is 12.3 Å². The van der Waals surface area contributed by atoms with Gasteiger partial charge in [-0.1, -0.05) is 44.9 Å². The first-order valence-corrected chi connectivity index (χ1v) is 9.42. The molecule has 0 saturated heterocycles. The quantitative estimate of drug-likeness (QED) is 0.554. The van der Waals surface area contributed by atoms with Crippen molar-refractivity contribution in [1.82, 2.24) is 16.2 Å². The molecule has 5 nitrogen and oxygen atoms in total. The topological polar surface area (TPSA) is 62.4 Å². The summed E-state index contributed by atoms with van der Waals surface area (Å²) in [6, 6.07) is 8.12. The van der Waals surface area contributed by atoms with E-state index in [1.54, 1.807) is 0 Å². The Kier molecular flexibility index (Phi) is 7.50. The van der Waals surface area contributed by atoms with E-state index in [0.717, 1.165) is 17.7 Å². The molecule has 3 atom stereocenters. The summed E-state index contributed by atoms with van der Waals surface area (Å²) in [6.45, 7) is 6.85. The fraction of sp³-hybridized carbons (Fsp3) is 0.579. The predicted molar refractivity (Wildman–Crippen MR) is 104 cm³/mol. The molecule has 0 unspecified atom stereocenters. The monoisotopic (exact) mass is 363 g/mol. The first kappa shape index (κ1) is 19.5. The van der Waals surface area contributed by atoms with Crippen LogP contribution in [0.2, 0.25) is 0 Å². The van der Waals surface area contributed by atoms with E-state index >= 15 is 0 Å². The second-order valence-electron chi connectivity index (χ2n) is 6.88. The Morgan fingerprint density at radius 3 is 2.76 bits per heavy atom. The van der Waals surface area contributed by atoms with Crippen LogP contribution >= 0.6 is 12.2 Å². The summed E-state index contributed by atoms with van der Waals surface area (Å²) in [5.74, 6) is 1.93. The van der Waals surface area contributed by atoms with Crippen LogP contribution < -0.4 is 20.9 Å². The van der Waals surface area contributed by atoms with Crippen LogP contribution in [0.3, 0.4) is 0 Å². The SMILES string of the molecule is Cc1ccccc1OCCC(=O)NNC(=S)N[C@@H]1CCC[C@H](C)[C@@H]1C. The van der Waals surface area contributed by atoms with Gasteiger partial charge in [-0.2, -0.15) is 0 Å². The largest absolute Gasteiger partial charge is 0.493 e. The highest BCUT2D eigenvalue weighted by molar-refractivity contribution is 7.80. The molecular weight excluding hydrogens is 334 g/mol. The molecule has 1 saturated carbocycles. The van der Waals surface area contributed by atoms with Gasteiger partial charge in [0.25, 0.3) is 0 Å². The highest BCUT2D eigenvalue weighted by atomic mass is 32.1. The molecule has 3 N–H and O–H groups in total. The van der Waals surface area contributed by atoms with Gasteiger partial charge in [0.2, 0.25) is 5.91 Å². The zero-order valence-corrected chi connectivity index (χ0v) is 16.1. The lowest BCUT2D eigenvalue weighted by Crippen LogP contribution is -2.52. The number of ether oxygens (including phenoxy) is 1. The lowest BCUT2D eigenvalue weighted by molar-refractivity contribution is -0.122. The molecule has 0 bridgehead atoms. The molecule has 6 heteroatoms. The number of amides is 1. The van der Waals surface area contributed by atoms with Crippen LogP contribution in [0.5, 0.6) is 5.75 Å². The third-order valence-corrected chi connectivity index (χ3v) is 5.24. The predicted octanol–water partition coefficient (Wildman–Crippen LogP) is 3.08. The van der Waals surface area contributed by atoms with E-state index in [2.05, 4.69) is 30.0 Å². The number of carbonyl (C=O) groups is 1. The van der Waals surface area contributed by atoms with E-state index in [4.69, 9.17) is 17.0 Å². The summed E-state index contributed by atoms with van der Waals surface area (Å²) in [7, 11) is 0. The van der Waals surface area contributed by atoms with E-state index in [0.29, 0.717) is 29.6 Å². The van der Waals surface area contributed by atoms with Crippen molar-refractivity contribution < 1.29 is 9.53 Å². The van der Waals surface area contributed by atoms with Crippen molar-refractivity contribution in [3.63, 3.8) is 0 Å². The Bertz CT molecular complexity index is 594. The van der Waals surface area contributed by atoms with Crippen LogP contribution in [-0.4, -0.2) is 23.7 Å². The number of hydrogen-bond acceptors (Lipinski definition) is 3. The van der Waals surface area contributed by atoms with Gasteiger partial charge in [0.1, 0.15) is 5.75 Å². The Morgan fingerprint density at radius 1 is 1.24 bits per heavy atom. The fourth-order valence-corrected chi connectivity index (χ4v) is 3.35. The number of nitrogens with one attached hydrogen (secondary N) is 3. The highest BCUT2D eigenvalue weighted by Gasteiger charge is 2.27. The number of thiocarbonyl (C=S) groups is 1. The Hall–Kier alpha value is -1.82. The third-order valence-electron chi connectivity index (χ3n) is 5.02. The van der Waals surface area contributed by atoms with Gasteiger partial charge < -0.3 is 10.1 Å². The minimum Gasteiger partial charge on any atom is -0.493 e. The average molecular weight is 364 g/mol. The van der Waals surface area contributed by atoms with Crippen molar-refractivity contribution in [1.29, 1.82) is 0 Å². The van der Waals surface area contributed by atoms with Crippen molar-refractivity contribution in [2.45, 2.75) is 52.5 Å². The number of rotatable bonds is 5. The molecule has 1 amide bonds. The standard InChI is InChI=1S/C19H29N3O2S/c1-13-8-6-9-16(15(13)3)20-19(25)22-21-18(23)11-12-24-17-10-5-4-7-14(17)2/h4-5,7,10,13,15-16H,6,8-9,11-12H2,1-3H3,(H,21,23)(H2,20,22,25)/t13-,15-,16+/m0/s1. The van der Waals surface area contributed by atoms with E-state index < -0.39 is 0 Å². The van der Waals surface area contributed by atoms with Gasteiger partial charge in [-0.05, 0) is 49.0 Å². The average Bonchev–Trinajstić information content (AvgIpc) is 2.59. The summed E-state index contributed by atoms with van der Waals surface area (Å²) in [6.07, 6.45) is 3.87. The zero-order chi connectivity index (χ0) is 18.2. The van der Waals surface area contributed by atoms with Crippen molar-refractivity contribution >= 4 is 23.2 Å². The summed E-state index contributed by atoms with van der Waals surface area (Å²) < 4.78 is 5.62. The summed E-state index contributed by atoms with van der Waals surface area (Å²) in [5.41, 5.74) is 6.47. The van der Waals surface area contributed by atoms with Gasteiger partial charge in [0, 0.05) is 6.04 Å². The molecule has 0 aliphatic heterocycles. The number of hydrazine groups is 1. The third kappa shape index (κ3) is 6.20. The molecular formula is C19H29N3O2S. The number of hydrogen-bond donors (Lipinski definition) is 3. The minimum atomic E-state index is -0.150. The van der Waals surface area contributed by atoms with Crippen LogP contribution in [0.25, 0.3) is 0 Å². The number of benzene rings is 1. The first-order chi connectivity index (χ1) is 12.0. The van der Waals surface area contributed by atoms with Crippen LogP contribution in [0, 0.1) is 18.8 Å². The molecule has 138 valence electrons. The second kappa shape index (κ2) is 9.61. The van der Waals surface area contributed by atoms with Gasteiger partial charge in [-0.15, -0.1) is 0 Å². The van der Waals surface area contributed by atoms with Gasteiger partial charge >= 0.3 is 0 Å². The van der Waals surface area contributed by atoms with Crippen molar-refractivity contribution in [2.24, 2.45) is 11.8 Å². The molecule has 0 spiro atoms. The maximum atomic E-state index is 11.9. The maximum absolute atomic E-state index is 11.9. The van der Waals surface area contributed by atoms with E-state index in [1.807, 2.05) is 31.2 Å². The van der Waals surface area contributed by atoms with Crippen molar-refractivity contribution in [3.05, 3.63) is 29.8 Å². The first-order valence-electron chi connectivity index (χ1n) is 9.01. The summed E-state index contributed by atoms with van der Waals surface area (Å²) >= 11 is 5.28. The van der Waals surface area contributed by atoms with Gasteiger partial charge in [-0.25, -0.2) is 0 Å². The molecule has 1 aromatic carbocycles. The van der Waals surface area contributed by atoms with Crippen molar-refractivity contribution in [3.8, 4) is 5.75 Å². The summed E-state index contributed by atoms with van der Waals surface area (Å²) in [4.78, 5) is 11.9. The van der Waals surface area contributed by atoms with Crippen LogP contribution in [-0.2, 0) is 4.79 Å². The van der Waals surface area contributed by atoms with E-state index in [9.17, 15) is 4.79 Å². The number of para-hydroxylation sites is 1. The molecule has 1 fully saturated rings. The number of carbonyl (C=O) groups excluding carboxylic acids is 1. The van der Waals surface area contributed by atoms with E-state index in [1.165, 1.54) is 12.8 Å². The zero-order valence-electron chi connectivity index (χ0n) is 15.3. The lowest BCUT2D eigenvalue weighted by Gasteiger charge is -2.35. The molecule has 0 aromatic heterocycles.